The van der Waals surface area contributed by atoms with Crippen molar-refractivity contribution in [1.82, 2.24) is 4.31 Å². The van der Waals surface area contributed by atoms with Crippen LogP contribution in [0.25, 0.3) is 0 Å². The molecule has 1 aliphatic heterocycles. The molecule has 1 aromatic carbocycles. The highest BCUT2D eigenvalue weighted by atomic mass is 35.5. The molecule has 9 heteroatoms. The molecule has 0 radical (unpaired) electrons. The summed E-state index contributed by atoms with van der Waals surface area (Å²) in [7, 11) is -3.84. The molecule has 23 heavy (non-hydrogen) atoms. The van der Waals surface area contributed by atoms with Crippen molar-refractivity contribution >= 4 is 39.2 Å². The number of hydrogen-bond donors (Lipinski definition) is 2. The number of sulfonamides is 1. The fourth-order valence-corrected chi connectivity index (χ4v) is 4.28. The second kappa shape index (κ2) is 6.10. The summed E-state index contributed by atoms with van der Waals surface area (Å²) in [6, 6.07) is 3.99. The summed E-state index contributed by atoms with van der Waals surface area (Å²) in [5.41, 5.74) is -0.776. The number of rotatable bonds is 4. The predicted molar refractivity (Wildman–Crippen MR) is 84.9 cm³/mol. The van der Waals surface area contributed by atoms with Gasteiger partial charge in [0, 0.05) is 20.0 Å². The van der Waals surface area contributed by atoms with Gasteiger partial charge in [-0.15, -0.1) is 0 Å². The van der Waals surface area contributed by atoms with Crippen LogP contribution in [0.2, 0.25) is 5.02 Å². The van der Waals surface area contributed by atoms with Crippen molar-refractivity contribution in [2.75, 3.05) is 18.4 Å². The molecule has 2 N–H and O–H groups in total. The number of aliphatic carboxylic acids is 1. The van der Waals surface area contributed by atoms with Gasteiger partial charge in [0.05, 0.1) is 21.0 Å². The van der Waals surface area contributed by atoms with Crippen LogP contribution in [0, 0.1) is 5.41 Å². The zero-order valence-electron chi connectivity index (χ0n) is 12.7. The van der Waals surface area contributed by atoms with E-state index in [0.717, 1.165) is 4.31 Å². The van der Waals surface area contributed by atoms with Crippen LogP contribution >= 0.6 is 11.6 Å². The molecule has 0 spiro atoms. The Morgan fingerprint density at radius 2 is 2.04 bits per heavy atom. The fraction of sp³-hybridized carbons (Fsp3) is 0.429. The molecule has 1 aliphatic rings. The normalized spacial score (nSPS) is 22.0. The first-order valence-electron chi connectivity index (χ1n) is 6.87. The van der Waals surface area contributed by atoms with E-state index in [1.165, 1.54) is 32.0 Å². The van der Waals surface area contributed by atoms with Crippen LogP contribution in [-0.2, 0) is 19.6 Å². The first-order chi connectivity index (χ1) is 10.6. The van der Waals surface area contributed by atoms with E-state index in [-0.39, 0.29) is 35.3 Å². The Hall–Kier alpha value is -1.64. The van der Waals surface area contributed by atoms with Gasteiger partial charge in [-0.25, -0.2) is 8.42 Å². The third-order valence-corrected chi connectivity index (χ3v) is 6.00. The van der Waals surface area contributed by atoms with E-state index in [4.69, 9.17) is 11.6 Å². The average molecular weight is 361 g/mol. The van der Waals surface area contributed by atoms with Gasteiger partial charge < -0.3 is 10.4 Å². The highest BCUT2D eigenvalue weighted by molar-refractivity contribution is 7.89. The van der Waals surface area contributed by atoms with Gasteiger partial charge in [-0.2, -0.15) is 4.31 Å². The van der Waals surface area contributed by atoms with Crippen LogP contribution in [0.1, 0.15) is 20.3 Å². The lowest BCUT2D eigenvalue weighted by molar-refractivity contribution is -0.146. The summed E-state index contributed by atoms with van der Waals surface area (Å²) >= 11 is 6.00. The van der Waals surface area contributed by atoms with E-state index >= 15 is 0 Å². The van der Waals surface area contributed by atoms with Gasteiger partial charge in [0.25, 0.3) is 0 Å². The molecule has 0 saturated carbocycles. The topological polar surface area (TPSA) is 104 Å². The van der Waals surface area contributed by atoms with E-state index in [1.807, 2.05) is 0 Å². The van der Waals surface area contributed by atoms with Crippen LogP contribution in [0.15, 0.2) is 23.1 Å². The Morgan fingerprint density at radius 1 is 1.39 bits per heavy atom. The standard InChI is InChI=1S/C14H17ClN2O5S/c1-9(18)16-12-4-3-10(7-11(12)15)23(21,22)17-6-5-14(2,8-17)13(19)20/h3-4,7H,5-6,8H2,1-2H3,(H,16,18)(H,19,20). The van der Waals surface area contributed by atoms with Crippen LogP contribution in [0.3, 0.4) is 0 Å². The van der Waals surface area contributed by atoms with Crippen molar-refractivity contribution in [3.05, 3.63) is 23.2 Å². The van der Waals surface area contributed by atoms with Crippen molar-refractivity contribution in [2.45, 2.75) is 25.2 Å². The smallest absolute Gasteiger partial charge is 0.310 e. The number of amides is 1. The van der Waals surface area contributed by atoms with Crippen molar-refractivity contribution < 1.29 is 23.1 Å². The first-order valence-corrected chi connectivity index (χ1v) is 8.69. The van der Waals surface area contributed by atoms with Crippen molar-refractivity contribution in [3.63, 3.8) is 0 Å². The summed E-state index contributed by atoms with van der Waals surface area (Å²) in [4.78, 5) is 22.3. The zero-order valence-corrected chi connectivity index (χ0v) is 14.2. The quantitative estimate of drug-likeness (QED) is 0.851. The van der Waals surface area contributed by atoms with Gasteiger partial charge in [0.2, 0.25) is 15.9 Å². The van der Waals surface area contributed by atoms with Crippen LogP contribution in [0.5, 0.6) is 0 Å². The molecule has 0 aromatic heterocycles. The maximum absolute atomic E-state index is 12.6. The molecule has 1 heterocycles. The maximum atomic E-state index is 12.6. The number of carbonyl (C=O) groups excluding carboxylic acids is 1. The number of carboxylic acids is 1. The summed E-state index contributed by atoms with van der Waals surface area (Å²) in [6.07, 6.45) is 0.249. The number of benzene rings is 1. The molecular formula is C14H17ClN2O5S. The van der Waals surface area contributed by atoms with Gasteiger partial charge in [-0.1, -0.05) is 11.6 Å². The van der Waals surface area contributed by atoms with Crippen molar-refractivity contribution in [3.8, 4) is 0 Å². The van der Waals surface area contributed by atoms with Crippen LogP contribution in [0.4, 0.5) is 5.69 Å². The molecule has 126 valence electrons. The molecule has 1 unspecified atom stereocenters. The van der Waals surface area contributed by atoms with E-state index in [2.05, 4.69) is 5.32 Å². The number of nitrogens with zero attached hydrogens (tertiary/aromatic N) is 1. The number of carbonyl (C=O) groups is 2. The second-order valence-electron chi connectivity index (χ2n) is 5.78. The lowest BCUT2D eigenvalue weighted by Crippen LogP contribution is -2.34. The number of halogens is 1. The van der Waals surface area contributed by atoms with Gasteiger partial charge in [-0.3, -0.25) is 9.59 Å². The molecule has 2 rings (SSSR count). The minimum Gasteiger partial charge on any atom is -0.481 e. The van der Waals surface area contributed by atoms with Crippen LogP contribution in [-0.4, -0.2) is 42.8 Å². The van der Waals surface area contributed by atoms with E-state index in [0.29, 0.717) is 5.69 Å². The predicted octanol–water partition coefficient (Wildman–Crippen LogP) is 1.78. The Kier molecular flexibility index (Phi) is 4.70. The Morgan fingerprint density at radius 3 is 2.52 bits per heavy atom. The van der Waals surface area contributed by atoms with Gasteiger partial charge in [0.15, 0.2) is 0 Å². The number of hydrogen-bond acceptors (Lipinski definition) is 4. The number of nitrogens with one attached hydrogen (secondary N) is 1. The minimum absolute atomic E-state index is 0.0359. The van der Waals surface area contributed by atoms with Gasteiger partial charge >= 0.3 is 5.97 Å². The third kappa shape index (κ3) is 3.49. The molecule has 1 fully saturated rings. The minimum atomic E-state index is -3.84. The summed E-state index contributed by atoms with van der Waals surface area (Å²) in [5, 5.41) is 11.8. The zero-order chi connectivity index (χ0) is 17.4. The average Bonchev–Trinajstić information content (AvgIpc) is 2.85. The number of carboxylic acid groups (broad SMARTS) is 1. The van der Waals surface area contributed by atoms with Crippen LogP contribution < -0.4 is 5.32 Å². The lowest BCUT2D eigenvalue weighted by atomic mass is 9.90. The largest absolute Gasteiger partial charge is 0.481 e. The fourth-order valence-electron chi connectivity index (χ4n) is 2.39. The van der Waals surface area contributed by atoms with Gasteiger partial charge in [-0.05, 0) is 31.5 Å². The third-order valence-electron chi connectivity index (χ3n) is 3.84. The maximum Gasteiger partial charge on any atom is 0.310 e. The van der Waals surface area contributed by atoms with E-state index in [1.54, 1.807) is 0 Å². The first kappa shape index (κ1) is 17.7. The molecule has 0 bridgehead atoms. The van der Waals surface area contributed by atoms with E-state index < -0.39 is 21.4 Å². The number of anilines is 1. The van der Waals surface area contributed by atoms with E-state index in [9.17, 15) is 23.1 Å². The second-order valence-corrected chi connectivity index (χ2v) is 8.12. The molecule has 7 nitrogen and oxygen atoms in total. The summed E-state index contributed by atoms with van der Waals surface area (Å²) in [6.45, 7) is 2.89. The van der Waals surface area contributed by atoms with Crippen molar-refractivity contribution in [2.24, 2.45) is 5.41 Å². The summed E-state index contributed by atoms with van der Waals surface area (Å²) < 4.78 is 26.4. The van der Waals surface area contributed by atoms with Gasteiger partial charge in [0.1, 0.15) is 0 Å². The Balaban J connectivity index is 2.29. The molecule has 1 saturated heterocycles. The SMILES string of the molecule is CC(=O)Nc1ccc(S(=O)(=O)N2CCC(C)(C(=O)O)C2)cc1Cl. The molecular weight excluding hydrogens is 344 g/mol. The highest BCUT2D eigenvalue weighted by Crippen LogP contribution is 2.35. The Labute approximate surface area is 139 Å². The molecule has 1 atom stereocenters. The monoisotopic (exact) mass is 360 g/mol. The molecule has 0 aliphatic carbocycles. The highest BCUT2D eigenvalue weighted by Gasteiger charge is 2.44. The molecule has 1 aromatic rings. The lowest BCUT2D eigenvalue weighted by Gasteiger charge is -2.20. The molecule has 1 amide bonds. The van der Waals surface area contributed by atoms with Crippen molar-refractivity contribution in [1.29, 1.82) is 0 Å². The summed E-state index contributed by atoms with van der Waals surface area (Å²) in [5.74, 6) is -1.34. The Bertz CT molecular complexity index is 764.